The van der Waals surface area contributed by atoms with Crippen LogP contribution in [0.1, 0.15) is 48.0 Å². The van der Waals surface area contributed by atoms with Gasteiger partial charge < -0.3 is 9.42 Å². The number of hydrogen-bond donors (Lipinski definition) is 0. The maximum Gasteiger partial charge on any atom is 0.293 e. The van der Waals surface area contributed by atoms with E-state index in [-0.39, 0.29) is 17.7 Å². The summed E-state index contributed by atoms with van der Waals surface area (Å²) in [5.74, 6) is -0.510. The molecule has 0 bridgehead atoms. The smallest absolute Gasteiger partial charge is 0.293 e. The molecule has 4 rings (SSSR count). The molecule has 6 nitrogen and oxygen atoms in total. The molecule has 2 aromatic heterocycles. The molecule has 0 N–H and O–H groups in total. The number of benzene rings is 1. The van der Waals surface area contributed by atoms with Crippen LogP contribution in [0, 0.1) is 5.82 Å². The Hall–Kier alpha value is -2.96. The standard InChI is InChI=1S/C20H21FN4O2/c1-24-12-10-16(22-24)18-9-3-2-6-11-25(18)20(26)19-13-17(23-27-19)14-7-4-5-8-15(14)21/h4-5,7-8,10,12-13,18H,2-3,6,9,11H2,1H3. The molecule has 0 radical (unpaired) electrons. The lowest BCUT2D eigenvalue weighted by atomic mass is 10.1. The van der Waals surface area contributed by atoms with Crippen molar-refractivity contribution < 1.29 is 13.7 Å². The molecule has 0 saturated carbocycles. The summed E-state index contributed by atoms with van der Waals surface area (Å²) < 4.78 is 21.0. The van der Waals surface area contributed by atoms with Crippen LogP contribution in [0.5, 0.6) is 0 Å². The highest BCUT2D eigenvalue weighted by molar-refractivity contribution is 5.92. The summed E-state index contributed by atoms with van der Waals surface area (Å²) in [4.78, 5) is 14.9. The fourth-order valence-corrected chi connectivity index (χ4v) is 3.58. The van der Waals surface area contributed by atoms with Crippen molar-refractivity contribution in [1.82, 2.24) is 19.8 Å². The van der Waals surface area contributed by atoms with Crippen molar-refractivity contribution >= 4 is 5.91 Å². The van der Waals surface area contributed by atoms with Crippen LogP contribution < -0.4 is 0 Å². The molecule has 1 saturated heterocycles. The first-order valence-corrected chi connectivity index (χ1v) is 9.15. The molecule has 1 aliphatic heterocycles. The number of aromatic nitrogens is 3. The second-order valence-corrected chi connectivity index (χ2v) is 6.83. The van der Waals surface area contributed by atoms with E-state index in [1.165, 1.54) is 12.1 Å². The first kappa shape index (κ1) is 17.5. The van der Waals surface area contributed by atoms with Crippen LogP contribution in [-0.2, 0) is 7.05 Å². The minimum absolute atomic E-state index is 0.0942. The highest BCUT2D eigenvalue weighted by Crippen LogP contribution is 2.31. The Morgan fingerprint density at radius 2 is 2.07 bits per heavy atom. The predicted octanol–water partition coefficient (Wildman–Crippen LogP) is 3.97. The maximum atomic E-state index is 14.0. The molecule has 7 heteroatoms. The van der Waals surface area contributed by atoms with Gasteiger partial charge in [0.15, 0.2) is 0 Å². The summed E-state index contributed by atoms with van der Waals surface area (Å²) in [6, 6.07) is 9.67. The van der Waals surface area contributed by atoms with E-state index in [4.69, 9.17) is 4.52 Å². The number of amides is 1. The number of nitrogens with zero attached hydrogens (tertiary/aromatic N) is 4. The topological polar surface area (TPSA) is 64.2 Å². The highest BCUT2D eigenvalue weighted by atomic mass is 19.1. The van der Waals surface area contributed by atoms with Crippen molar-refractivity contribution in [2.24, 2.45) is 7.05 Å². The Labute approximate surface area is 156 Å². The van der Waals surface area contributed by atoms with Gasteiger partial charge >= 0.3 is 0 Å². The van der Waals surface area contributed by atoms with Crippen LogP contribution in [0.4, 0.5) is 4.39 Å². The van der Waals surface area contributed by atoms with Crippen molar-refractivity contribution in [3.63, 3.8) is 0 Å². The van der Waals surface area contributed by atoms with Gasteiger partial charge in [0.25, 0.3) is 5.91 Å². The van der Waals surface area contributed by atoms with Crippen LogP contribution in [0.3, 0.4) is 0 Å². The van der Waals surface area contributed by atoms with Crippen LogP contribution >= 0.6 is 0 Å². The number of carbonyl (C=O) groups excluding carboxylic acids is 1. The van der Waals surface area contributed by atoms with E-state index < -0.39 is 5.82 Å². The van der Waals surface area contributed by atoms with Crippen molar-refractivity contribution in [2.75, 3.05) is 6.54 Å². The van der Waals surface area contributed by atoms with Crippen LogP contribution in [-0.4, -0.2) is 32.3 Å². The maximum absolute atomic E-state index is 14.0. The van der Waals surface area contributed by atoms with Crippen molar-refractivity contribution in [3.8, 4) is 11.3 Å². The molecule has 3 aromatic rings. The Balaban J connectivity index is 1.63. The van der Waals surface area contributed by atoms with E-state index in [2.05, 4.69) is 10.3 Å². The van der Waals surface area contributed by atoms with Gasteiger partial charge in [0, 0.05) is 31.4 Å². The summed E-state index contributed by atoms with van der Waals surface area (Å²) in [6.45, 7) is 0.635. The molecule has 1 fully saturated rings. The Morgan fingerprint density at radius 1 is 1.22 bits per heavy atom. The molecule has 1 aliphatic rings. The van der Waals surface area contributed by atoms with Gasteiger partial charge in [0.05, 0.1) is 11.7 Å². The van der Waals surface area contributed by atoms with Gasteiger partial charge in [-0.3, -0.25) is 9.48 Å². The third-order valence-electron chi connectivity index (χ3n) is 4.96. The average molecular weight is 368 g/mol. The van der Waals surface area contributed by atoms with Gasteiger partial charge in [-0.05, 0) is 31.0 Å². The molecular weight excluding hydrogens is 347 g/mol. The third kappa shape index (κ3) is 3.49. The molecule has 1 atom stereocenters. The molecule has 140 valence electrons. The van der Waals surface area contributed by atoms with Gasteiger partial charge in [0.2, 0.25) is 5.76 Å². The van der Waals surface area contributed by atoms with Gasteiger partial charge in [-0.1, -0.05) is 30.1 Å². The molecule has 0 aliphatic carbocycles. The molecule has 1 aromatic carbocycles. The van der Waals surface area contributed by atoms with Gasteiger partial charge in [-0.15, -0.1) is 0 Å². The Bertz CT molecular complexity index is 949. The van der Waals surface area contributed by atoms with Crippen LogP contribution in [0.15, 0.2) is 47.1 Å². The normalized spacial score (nSPS) is 17.7. The fourth-order valence-electron chi connectivity index (χ4n) is 3.58. The van der Waals surface area contributed by atoms with E-state index in [1.54, 1.807) is 27.8 Å². The molecule has 0 spiro atoms. The van der Waals surface area contributed by atoms with E-state index in [0.29, 0.717) is 17.8 Å². The number of likely N-dealkylation sites (tertiary alicyclic amines) is 1. The molecule has 1 amide bonds. The summed E-state index contributed by atoms with van der Waals surface area (Å²) in [7, 11) is 1.86. The number of hydrogen-bond acceptors (Lipinski definition) is 4. The lowest BCUT2D eigenvalue weighted by Crippen LogP contribution is -2.34. The van der Waals surface area contributed by atoms with Gasteiger partial charge in [-0.25, -0.2) is 4.39 Å². The van der Waals surface area contributed by atoms with E-state index in [9.17, 15) is 9.18 Å². The highest BCUT2D eigenvalue weighted by Gasteiger charge is 2.31. The number of rotatable bonds is 3. The number of aryl methyl sites for hydroxylation is 1. The van der Waals surface area contributed by atoms with E-state index in [1.807, 2.05) is 19.3 Å². The number of carbonyl (C=O) groups is 1. The monoisotopic (exact) mass is 368 g/mol. The molecule has 3 heterocycles. The van der Waals surface area contributed by atoms with Crippen molar-refractivity contribution in [3.05, 3.63) is 59.9 Å². The fraction of sp³-hybridized carbons (Fsp3) is 0.350. The summed E-state index contributed by atoms with van der Waals surface area (Å²) in [6.07, 6.45) is 5.79. The minimum atomic E-state index is -0.397. The SMILES string of the molecule is Cn1ccc(C2CCCCCN2C(=O)c2cc(-c3ccccc3F)no2)n1. The average Bonchev–Trinajstić information content (AvgIpc) is 3.25. The Kier molecular flexibility index (Phi) is 4.75. The predicted molar refractivity (Wildman–Crippen MR) is 97.4 cm³/mol. The summed E-state index contributed by atoms with van der Waals surface area (Å²) >= 11 is 0. The lowest BCUT2D eigenvalue weighted by molar-refractivity contribution is 0.0634. The Morgan fingerprint density at radius 3 is 2.85 bits per heavy atom. The zero-order valence-corrected chi connectivity index (χ0v) is 15.1. The van der Waals surface area contributed by atoms with Gasteiger partial charge in [0.1, 0.15) is 11.5 Å². The largest absolute Gasteiger partial charge is 0.350 e. The second-order valence-electron chi connectivity index (χ2n) is 6.83. The summed E-state index contributed by atoms with van der Waals surface area (Å²) in [5, 5.41) is 8.40. The van der Waals surface area contributed by atoms with Crippen LogP contribution in [0.2, 0.25) is 0 Å². The van der Waals surface area contributed by atoms with Crippen molar-refractivity contribution in [2.45, 2.75) is 31.7 Å². The van der Waals surface area contributed by atoms with Crippen LogP contribution in [0.25, 0.3) is 11.3 Å². The zero-order valence-electron chi connectivity index (χ0n) is 15.1. The number of halogens is 1. The molecule has 1 unspecified atom stereocenters. The van der Waals surface area contributed by atoms with E-state index in [0.717, 1.165) is 31.4 Å². The van der Waals surface area contributed by atoms with Gasteiger partial charge in [-0.2, -0.15) is 5.10 Å². The minimum Gasteiger partial charge on any atom is -0.350 e. The summed E-state index contributed by atoms with van der Waals surface area (Å²) in [5.41, 5.74) is 1.51. The molecular formula is C20H21FN4O2. The van der Waals surface area contributed by atoms with E-state index >= 15 is 0 Å². The quantitative estimate of drug-likeness (QED) is 0.702. The lowest BCUT2D eigenvalue weighted by Gasteiger charge is -2.27. The van der Waals surface area contributed by atoms with Crippen molar-refractivity contribution in [1.29, 1.82) is 0 Å². The first-order valence-electron chi connectivity index (χ1n) is 9.15. The third-order valence-corrected chi connectivity index (χ3v) is 4.96. The second kappa shape index (κ2) is 7.34. The first-order chi connectivity index (χ1) is 13.1. The molecule has 27 heavy (non-hydrogen) atoms. The zero-order chi connectivity index (χ0) is 18.8.